The van der Waals surface area contributed by atoms with E-state index < -0.39 is 12.0 Å². The minimum Gasteiger partial charge on any atom is -0.462 e. The summed E-state index contributed by atoms with van der Waals surface area (Å²) in [5, 5.41) is 5.46. The Labute approximate surface area is 110 Å². The number of amides is 2. The highest BCUT2D eigenvalue weighted by Gasteiger charge is 2.08. The Hall–Kier alpha value is -1.75. The molecule has 0 fully saturated rings. The molecule has 0 spiro atoms. The molecule has 1 rings (SSSR count). The van der Waals surface area contributed by atoms with E-state index >= 15 is 0 Å². The molecule has 0 atom stereocenters. The van der Waals surface area contributed by atoms with E-state index in [1.54, 1.807) is 38.1 Å². The van der Waals surface area contributed by atoms with Gasteiger partial charge in [0.05, 0.1) is 6.10 Å². The Bertz CT molecular complexity index is 435. The minimum atomic E-state index is -0.488. The predicted molar refractivity (Wildman–Crippen MR) is 69.7 cm³/mol. The van der Waals surface area contributed by atoms with Crippen LogP contribution in [0.15, 0.2) is 24.3 Å². The van der Waals surface area contributed by atoms with Gasteiger partial charge in [0.1, 0.15) is 6.54 Å². The van der Waals surface area contributed by atoms with Crippen molar-refractivity contribution >= 4 is 29.3 Å². The van der Waals surface area contributed by atoms with Crippen LogP contribution < -0.4 is 10.6 Å². The van der Waals surface area contributed by atoms with Crippen molar-refractivity contribution in [2.24, 2.45) is 0 Å². The van der Waals surface area contributed by atoms with Crippen LogP contribution in [0.4, 0.5) is 10.5 Å². The summed E-state index contributed by atoms with van der Waals surface area (Å²) in [7, 11) is 0. The lowest BCUT2D eigenvalue weighted by Crippen LogP contribution is -2.34. The molecule has 0 saturated carbocycles. The van der Waals surface area contributed by atoms with Gasteiger partial charge in [-0.05, 0) is 32.0 Å². The first-order valence-electron chi connectivity index (χ1n) is 5.47. The van der Waals surface area contributed by atoms with Crippen LogP contribution in [0.3, 0.4) is 0 Å². The SMILES string of the molecule is CC(C)OC(=O)CNC(=O)Nc1cccc(Cl)c1. The third-order valence-corrected chi connectivity index (χ3v) is 2.08. The lowest BCUT2D eigenvalue weighted by molar-refractivity contribution is -0.146. The van der Waals surface area contributed by atoms with Crippen LogP contribution in [-0.2, 0) is 9.53 Å². The number of esters is 1. The van der Waals surface area contributed by atoms with E-state index in [1.165, 1.54) is 0 Å². The fourth-order valence-electron chi connectivity index (χ4n) is 1.20. The summed E-state index contributed by atoms with van der Waals surface area (Å²) >= 11 is 5.77. The number of hydrogen-bond donors (Lipinski definition) is 2. The molecule has 0 unspecified atom stereocenters. The monoisotopic (exact) mass is 270 g/mol. The fourth-order valence-corrected chi connectivity index (χ4v) is 1.39. The molecule has 0 bridgehead atoms. The van der Waals surface area contributed by atoms with E-state index in [9.17, 15) is 9.59 Å². The molecule has 6 heteroatoms. The lowest BCUT2D eigenvalue weighted by atomic mass is 10.3. The average molecular weight is 271 g/mol. The molecule has 0 aliphatic heterocycles. The number of carbonyl (C=O) groups excluding carboxylic acids is 2. The van der Waals surface area contributed by atoms with Gasteiger partial charge in [-0.15, -0.1) is 0 Å². The van der Waals surface area contributed by atoms with Crippen molar-refractivity contribution in [1.29, 1.82) is 0 Å². The number of rotatable bonds is 4. The van der Waals surface area contributed by atoms with Gasteiger partial charge in [-0.3, -0.25) is 4.79 Å². The average Bonchev–Trinajstić information content (AvgIpc) is 2.25. The number of nitrogens with one attached hydrogen (secondary N) is 2. The Morgan fingerprint density at radius 3 is 2.72 bits per heavy atom. The van der Waals surface area contributed by atoms with Gasteiger partial charge in [0.25, 0.3) is 0 Å². The Morgan fingerprint density at radius 2 is 2.11 bits per heavy atom. The number of anilines is 1. The lowest BCUT2D eigenvalue weighted by Gasteiger charge is -2.09. The summed E-state index contributed by atoms with van der Waals surface area (Å²) in [6.07, 6.45) is -0.199. The first kappa shape index (κ1) is 14.3. The molecule has 18 heavy (non-hydrogen) atoms. The topological polar surface area (TPSA) is 67.4 Å². The van der Waals surface area contributed by atoms with Crippen molar-refractivity contribution < 1.29 is 14.3 Å². The maximum Gasteiger partial charge on any atom is 0.325 e. The Balaban J connectivity index is 2.36. The van der Waals surface area contributed by atoms with Gasteiger partial charge in [0, 0.05) is 10.7 Å². The minimum absolute atomic E-state index is 0.176. The number of carbonyl (C=O) groups is 2. The number of hydrogen-bond acceptors (Lipinski definition) is 3. The zero-order valence-electron chi connectivity index (χ0n) is 10.2. The number of halogens is 1. The molecular formula is C12H15ClN2O3. The summed E-state index contributed by atoms with van der Waals surface area (Å²) in [5.41, 5.74) is 0.553. The zero-order valence-corrected chi connectivity index (χ0v) is 11.0. The third-order valence-electron chi connectivity index (χ3n) is 1.84. The fraction of sp³-hybridized carbons (Fsp3) is 0.333. The normalized spacial score (nSPS) is 10.0. The van der Waals surface area contributed by atoms with Crippen LogP contribution in [0.25, 0.3) is 0 Å². The molecule has 0 aromatic heterocycles. The maximum atomic E-state index is 11.4. The van der Waals surface area contributed by atoms with E-state index in [4.69, 9.17) is 16.3 Å². The Kier molecular flexibility index (Phi) is 5.45. The zero-order chi connectivity index (χ0) is 13.5. The molecule has 5 nitrogen and oxygen atoms in total. The number of benzene rings is 1. The van der Waals surface area contributed by atoms with E-state index in [2.05, 4.69) is 10.6 Å². The molecule has 0 heterocycles. The summed E-state index contributed by atoms with van der Waals surface area (Å²) in [6.45, 7) is 3.30. The smallest absolute Gasteiger partial charge is 0.325 e. The summed E-state index contributed by atoms with van der Waals surface area (Å²) in [5.74, 6) is -0.480. The molecule has 2 amide bonds. The number of ether oxygens (including phenoxy) is 1. The predicted octanol–water partition coefficient (Wildman–Crippen LogP) is 2.41. The first-order valence-corrected chi connectivity index (χ1v) is 5.85. The van der Waals surface area contributed by atoms with Crippen molar-refractivity contribution in [2.75, 3.05) is 11.9 Å². The summed E-state index contributed by atoms with van der Waals surface area (Å²) < 4.78 is 4.87. The summed E-state index contributed by atoms with van der Waals surface area (Å²) in [6, 6.07) is 6.22. The van der Waals surface area contributed by atoms with Gasteiger partial charge in [-0.2, -0.15) is 0 Å². The van der Waals surface area contributed by atoms with Crippen LogP contribution in [0.1, 0.15) is 13.8 Å². The number of urea groups is 1. The highest BCUT2D eigenvalue weighted by molar-refractivity contribution is 6.30. The van der Waals surface area contributed by atoms with Crippen molar-refractivity contribution in [3.63, 3.8) is 0 Å². The highest BCUT2D eigenvalue weighted by atomic mass is 35.5. The second-order valence-corrected chi connectivity index (χ2v) is 4.29. The molecule has 0 aliphatic rings. The van der Waals surface area contributed by atoms with Gasteiger partial charge in [-0.25, -0.2) is 4.79 Å². The highest BCUT2D eigenvalue weighted by Crippen LogP contribution is 2.14. The van der Waals surface area contributed by atoms with Crippen LogP contribution in [0.5, 0.6) is 0 Å². The second-order valence-electron chi connectivity index (χ2n) is 3.86. The van der Waals surface area contributed by atoms with Gasteiger partial charge in [0.2, 0.25) is 0 Å². The van der Waals surface area contributed by atoms with Crippen LogP contribution in [0.2, 0.25) is 5.02 Å². The molecule has 1 aromatic rings. The first-order chi connectivity index (χ1) is 8.47. The Morgan fingerprint density at radius 1 is 1.39 bits per heavy atom. The quantitative estimate of drug-likeness (QED) is 0.826. The van der Waals surface area contributed by atoms with Gasteiger partial charge in [-0.1, -0.05) is 17.7 Å². The molecule has 1 aromatic carbocycles. The molecule has 0 saturated heterocycles. The van der Waals surface area contributed by atoms with Gasteiger partial charge in [0.15, 0.2) is 0 Å². The largest absolute Gasteiger partial charge is 0.462 e. The van der Waals surface area contributed by atoms with Gasteiger partial charge >= 0.3 is 12.0 Å². The second kappa shape index (κ2) is 6.86. The molecule has 2 N–H and O–H groups in total. The van der Waals surface area contributed by atoms with Crippen molar-refractivity contribution in [3.05, 3.63) is 29.3 Å². The molecule has 0 aliphatic carbocycles. The molecule has 98 valence electrons. The standard InChI is InChI=1S/C12H15ClN2O3/c1-8(2)18-11(16)7-14-12(17)15-10-5-3-4-9(13)6-10/h3-6,8H,7H2,1-2H3,(H2,14,15,17). The van der Waals surface area contributed by atoms with Crippen LogP contribution in [0, 0.1) is 0 Å². The van der Waals surface area contributed by atoms with Crippen molar-refractivity contribution in [3.8, 4) is 0 Å². The van der Waals surface area contributed by atoms with E-state index in [1.807, 2.05) is 0 Å². The van der Waals surface area contributed by atoms with Crippen LogP contribution >= 0.6 is 11.6 Å². The van der Waals surface area contributed by atoms with Gasteiger partial charge < -0.3 is 15.4 Å². The molecular weight excluding hydrogens is 256 g/mol. The van der Waals surface area contributed by atoms with E-state index in [0.29, 0.717) is 10.7 Å². The van der Waals surface area contributed by atoms with Crippen molar-refractivity contribution in [1.82, 2.24) is 5.32 Å². The van der Waals surface area contributed by atoms with E-state index in [-0.39, 0.29) is 12.6 Å². The molecule has 0 radical (unpaired) electrons. The third kappa shape index (κ3) is 5.54. The maximum absolute atomic E-state index is 11.4. The summed E-state index contributed by atoms with van der Waals surface area (Å²) in [4.78, 5) is 22.6. The van der Waals surface area contributed by atoms with Crippen molar-refractivity contribution in [2.45, 2.75) is 20.0 Å². The van der Waals surface area contributed by atoms with Crippen LogP contribution in [-0.4, -0.2) is 24.6 Å². The van der Waals surface area contributed by atoms with E-state index in [0.717, 1.165) is 0 Å².